The van der Waals surface area contributed by atoms with E-state index in [-0.39, 0.29) is 5.91 Å². The number of hydrogen-bond acceptors (Lipinski definition) is 2. The van der Waals surface area contributed by atoms with Gasteiger partial charge >= 0.3 is 0 Å². The maximum Gasteiger partial charge on any atom is 0.227 e. The van der Waals surface area contributed by atoms with E-state index in [0.29, 0.717) is 13.0 Å². The second-order valence-corrected chi connectivity index (χ2v) is 6.58. The number of amides is 1. The smallest absolute Gasteiger partial charge is 0.227 e. The Hall–Kier alpha value is -1.81. The van der Waals surface area contributed by atoms with Gasteiger partial charge in [0.15, 0.2) is 0 Å². The van der Waals surface area contributed by atoms with Crippen LogP contribution in [0.5, 0.6) is 0 Å². The molecule has 0 spiro atoms. The van der Waals surface area contributed by atoms with Gasteiger partial charge in [0, 0.05) is 36.8 Å². The largest absolute Gasteiger partial charge is 0.373 e. The molecule has 2 aromatic carbocycles. The number of rotatable bonds is 2. The lowest BCUT2D eigenvalue weighted by atomic mass is 10.1. The van der Waals surface area contributed by atoms with Gasteiger partial charge in [-0.1, -0.05) is 46.3 Å². The summed E-state index contributed by atoms with van der Waals surface area (Å²) >= 11 is 3.42. The lowest BCUT2D eigenvalue weighted by molar-refractivity contribution is -0.130. The van der Waals surface area contributed by atoms with Gasteiger partial charge in [0.1, 0.15) is 0 Å². The van der Waals surface area contributed by atoms with Crippen LogP contribution in [0.15, 0.2) is 53.0 Å². The summed E-state index contributed by atoms with van der Waals surface area (Å²) in [5, 5.41) is 0. The van der Waals surface area contributed by atoms with E-state index in [1.165, 1.54) is 11.3 Å². The van der Waals surface area contributed by atoms with E-state index in [0.717, 1.165) is 23.1 Å². The number of para-hydroxylation sites is 1. The van der Waals surface area contributed by atoms with Crippen molar-refractivity contribution in [2.24, 2.45) is 0 Å². The zero-order valence-corrected chi connectivity index (χ0v) is 14.2. The van der Waals surface area contributed by atoms with Crippen molar-refractivity contribution in [2.45, 2.75) is 13.0 Å². The van der Waals surface area contributed by atoms with Gasteiger partial charge in [-0.15, -0.1) is 0 Å². The summed E-state index contributed by atoms with van der Waals surface area (Å²) in [5.74, 6) is 0.187. The molecule has 1 amide bonds. The third-order valence-corrected chi connectivity index (χ3v) is 4.62. The lowest BCUT2D eigenvalue weighted by Crippen LogP contribution is -2.35. The molecule has 22 heavy (non-hydrogen) atoms. The molecule has 1 heterocycles. The van der Waals surface area contributed by atoms with Gasteiger partial charge in [0.2, 0.25) is 5.91 Å². The third kappa shape index (κ3) is 3.33. The average Bonchev–Trinajstić information content (AvgIpc) is 2.69. The lowest BCUT2D eigenvalue weighted by Gasteiger charge is -2.21. The monoisotopic (exact) mass is 358 g/mol. The van der Waals surface area contributed by atoms with Crippen molar-refractivity contribution in [2.75, 3.05) is 25.0 Å². The number of anilines is 1. The summed E-state index contributed by atoms with van der Waals surface area (Å²) in [5.41, 5.74) is 3.49. The number of nitrogens with zero attached hydrogens (tertiary/aromatic N) is 2. The van der Waals surface area contributed by atoms with E-state index in [9.17, 15) is 4.79 Å². The zero-order chi connectivity index (χ0) is 15.5. The molecule has 0 N–H and O–H groups in total. The minimum absolute atomic E-state index is 0.187. The standard InChI is InChI=1S/C18H19BrN2O/c1-20-10-11-21(13-15-4-2-3-5-17(15)20)18(22)12-14-6-8-16(19)9-7-14/h2-9H,10-13H2,1H3. The van der Waals surface area contributed by atoms with E-state index in [2.05, 4.69) is 46.1 Å². The minimum Gasteiger partial charge on any atom is -0.373 e. The highest BCUT2D eigenvalue weighted by Crippen LogP contribution is 2.24. The van der Waals surface area contributed by atoms with Gasteiger partial charge in [0.05, 0.1) is 6.42 Å². The first kappa shape index (κ1) is 15.1. The number of hydrogen-bond donors (Lipinski definition) is 0. The van der Waals surface area contributed by atoms with Crippen LogP contribution in [-0.4, -0.2) is 30.9 Å². The highest BCUT2D eigenvalue weighted by Gasteiger charge is 2.21. The fourth-order valence-corrected chi connectivity index (χ4v) is 3.06. The Morgan fingerprint density at radius 2 is 1.82 bits per heavy atom. The molecule has 4 heteroatoms. The molecule has 0 saturated heterocycles. The Morgan fingerprint density at radius 3 is 2.59 bits per heavy atom. The second-order valence-electron chi connectivity index (χ2n) is 5.67. The molecule has 0 bridgehead atoms. The molecule has 0 fully saturated rings. The Kier molecular flexibility index (Phi) is 4.48. The number of carbonyl (C=O) groups is 1. The number of halogens is 1. The van der Waals surface area contributed by atoms with E-state index < -0.39 is 0 Å². The molecule has 0 radical (unpaired) electrons. The normalized spacial score (nSPS) is 14.5. The summed E-state index contributed by atoms with van der Waals surface area (Å²) in [6.45, 7) is 2.32. The number of likely N-dealkylation sites (N-methyl/N-ethyl adjacent to an activating group) is 1. The van der Waals surface area contributed by atoms with Crippen molar-refractivity contribution < 1.29 is 4.79 Å². The highest BCUT2D eigenvalue weighted by atomic mass is 79.9. The van der Waals surface area contributed by atoms with E-state index in [1.807, 2.05) is 35.2 Å². The maximum atomic E-state index is 12.6. The first-order chi connectivity index (χ1) is 10.6. The molecule has 1 aliphatic rings. The van der Waals surface area contributed by atoms with Crippen LogP contribution in [0.2, 0.25) is 0 Å². The van der Waals surface area contributed by atoms with Crippen LogP contribution >= 0.6 is 15.9 Å². The second kappa shape index (κ2) is 6.53. The van der Waals surface area contributed by atoms with Crippen LogP contribution in [0.1, 0.15) is 11.1 Å². The van der Waals surface area contributed by atoms with Crippen LogP contribution < -0.4 is 4.90 Å². The molecule has 3 nitrogen and oxygen atoms in total. The minimum atomic E-state index is 0.187. The Bertz CT molecular complexity index is 669. The van der Waals surface area contributed by atoms with Gasteiger partial charge in [-0.05, 0) is 29.3 Å². The topological polar surface area (TPSA) is 23.6 Å². The number of carbonyl (C=O) groups excluding carboxylic acids is 1. The molecule has 3 rings (SSSR count). The predicted octanol–water partition coefficient (Wildman–Crippen LogP) is 3.47. The predicted molar refractivity (Wildman–Crippen MR) is 93.0 cm³/mol. The summed E-state index contributed by atoms with van der Waals surface area (Å²) in [4.78, 5) is 16.8. The number of benzene rings is 2. The van der Waals surface area contributed by atoms with Crippen molar-refractivity contribution in [1.82, 2.24) is 4.90 Å². The van der Waals surface area contributed by atoms with Crippen LogP contribution in [-0.2, 0) is 17.8 Å². The summed E-state index contributed by atoms with van der Waals surface area (Å²) in [7, 11) is 2.08. The van der Waals surface area contributed by atoms with Gasteiger partial charge in [0.25, 0.3) is 0 Å². The molecular weight excluding hydrogens is 340 g/mol. The molecule has 0 saturated carbocycles. The molecule has 0 aromatic heterocycles. The molecular formula is C18H19BrN2O. The SMILES string of the molecule is CN1CCN(C(=O)Cc2ccc(Br)cc2)Cc2ccccc21. The van der Waals surface area contributed by atoms with Crippen LogP contribution in [0.3, 0.4) is 0 Å². The number of fused-ring (bicyclic) bond motifs is 1. The van der Waals surface area contributed by atoms with Gasteiger partial charge in [-0.25, -0.2) is 0 Å². The van der Waals surface area contributed by atoms with Crippen molar-refractivity contribution in [3.63, 3.8) is 0 Å². The van der Waals surface area contributed by atoms with E-state index in [1.54, 1.807) is 0 Å². The summed E-state index contributed by atoms with van der Waals surface area (Å²) in [6.07, 6.45) is 0.458. The van der Waals surface area contributed by atoms with Crippen LogP contribution in [0.25, 0.3) is 0 Å². The van der Waals surface area contributed by atoms with Crippen LogP contribution in [0, 0.1) is 0 Å². The average molecular weight is 359 g/mol. The Morgan fingerprint density at radius 1 is 1.09 bits per heavy atom. The van der Waals surface area contributed by atoms with Gasteiger partial charge in [-0.3, -0.25) is 4.79 Å². The fourth-order valence-electron chi connectivity index (χ4n) is 2.79. The Balaban J connectivity index is 1.75. The molecule has 0 aliphatic carbocycles. The van der Waals surface area contributed by atoms with E-state index in [4.69, 9.17) is 0 Å². The molecule has 1 aliphatic heterocycles. The van der Waals surface area contributed by atoms with Gasteiger partial charge in [-0.2, -0.15) is 0 Å². The van der Waals surface area contributed by atoms with Crippen LogP contribution in [0.4, 0.5) is 5.69 Å². The molecule has 0 atom stereocenters. The first-order valence-electron chi connectivity index (χ1n) is 7.45. The summed E-state index contributed by atoms with van der Waals surface area (Å²) < 4.78 is 1.04. The van der Waals surface area contributed by atoms with E-state index >= 15 is 0 Å². The van der Waals surface area contributed by atoms with Crippen molar-refractivity contribution in [3.8, 4) is 0 Å². The van der Waals surface area contributed by atoms with Crippen molar-refractivity contribution >= 4 is 27.5 Å². The van der Waals surface area contributed by atoms with Crippen molar-refractivity contribution in [3.05, 3.63) is 64.1 Å². The summed E-state index contributed by atoms with van der Waals surface area (Å²) in [6, 6.07) is 16.3. The fraction of sp³-hybridized carbons (Fsp3) is 0.278. The van der Waals surface area contributed by atoms with Gasteiger partial charge < -0.3 is 9.80 Å². The maximum absolute atomic E-state index is 12.6. The van der Waals surface area contributed by atoms with Crippen molar-refractivity contribution in [1.29, 1.82) is 0 Å². The third-order valence-electron chi connectivity index (χ3n) is 4.09. The Labute approximate surface area is 139 Å². The highest BCUT2D eigenvalue weighted by molar-refractivity contribution is 9.10. The quantitative estimate of drug-likeness (QED) is 0.820. The molecule has 114 valence electrons. The zero-order valence-electron chi connectivity index (χ0n) is 12.6. The molecule has 2 aromatic rings. The first-order valence-corrected chi connectivity index (χ1v) is 8.24. The molecule has 0 unspecified atom stereocenters.